The number of carbonyl (C=O) groups excluding carboxylic acids is 2. The maximum atomic E-state index is 13.4. The van der Waals surface area contributed by atoms with Gasteiger partial charge in [-0.1, -0.05) is 13.8 Å². The van der Waals surface area contributed by atoms with Crippen molar-refractivity contribution >= 4 is 26.9 Å². The first kappa shape index (κ1) is 23.9. The zero-order valence-corrected chi connectivity index (χ0v) is 21.2. The third kappa shape index (κ3) is 3.84. The molecule has 178 valence electrons. The van der Waals surface area contributed by atoms with Crippen molar-refractivity contribution in [2.24, 2.45) is 5.92 Å². The van der Waals surface area contributed by atoms with Crippen LogP contribution in [-0.2, 0) is 16.9 Å². The molecule has 0 spiro atoms. The summed E-state index contributed by atoms with van der Waals surface area (Å²) in [4.78, 5) is 28.2. The van der Waals surface area contributed by atoms with Crippen LogP contribution in [0.1, 0.15) is 58.2 Å². The lowest BCUT2D eigenvalue weighted by Crippen LogP contribution is -2.56. The van der Waals surface area contributed by atoms with E-state index in [-0.39, 0.29) is 35.3 Å². The summed E-state index contributed by atoms with van der Waals surface area (Å²) in [6.07, 6.45) is 12.0. The summed E-state index contributed by atoms with van der Waals surface area (Å²) in [7, 11) is -2.17. The van der Waals surface area contributed by atoms with Crippen molar-refractivity contribution in [1.82, 2.24) is 20.4 Å². The van der Waals surface area contributed by atoms with Crippen molar-refractivity contribution in [2.45, 2.75) is 69.8 Å². The van der Waals surface area contributed by atoms with Crippen molar-refractivity contribution < 1.29 is 14.7 Å². The standard InChI is InChI=1S/C22H41N5O3S/c1-14(2)16(13-28)23-20(30)27-12-15-17(21(27,3)4)25-26-18(15)24-19(29)22(10-9-11-22)31(5,6,7)8/h14,16,28,31H,9-13H2,1-8H3,(H,23,30)(H2,24,25,26,29). The number of carbonyl (C=O) groups is 2. The Morgan fingerprint density at radius 2 is 1.84 bits per heavy atom. The second-order valence-corrected chi connectivity index (χ2v) is 20.0. The molecule has 4 N–H and O–H groups in total. The van der Waals surface area contributed by atoms with E-state index in [4.69, 9.17) is 0 Å². The fraction of sp³-hybridized carbons (Fsp3) is 0.773. The van der Waals surface area contributed by atoms with Crippen LogP contribution in [0.15, 0.2) is 0 Å². The van der Waals surface area contributed by atoms with Gasteiger partial charge in [0.2, 0.25) is 5.91 Å². The number of aliphatic hydroxyl groups is 1. The van der Waals surface area contributed by atoms with Crippen LogP contribution in [0.5, 0.6) is 0 Å². The first-order valence-electron chi connectivity index (χ1n) is 11.2. The summed E-state index contributed by atoms with van der Waals surface area (Å²) < 4.78 is -0.311. The van der Waals surface area contributed by atoms with E-state index < -0.39 is 14.7 Å². The van der Waals surface area contributed by atoms with Crippen LogP contribution in [0.25, 0.3) is 0 Å². The SMILES string of the molecule is CC(C)C(CO)NC(=O)N1Cc2c(NC(=O)C3([SH](C)(C)(C)C)CCC3)n[nH]c2C1(C)C. The van der Waals surface area contributed by atoms with Crippen LogP contribution >= 0.6 is 9.16 Å². The Labute approximate surface area is 186 Å². The third-order valence-corrected chi connectivity index (χ3v) is 11.6. The molecule has 1 aromatic rings. The van der Waals surface area contributed by atoms with E-state index >= 15 is 0 Å². The van der Waals surface area contributed by atoms with Crippen molar-refractivity contribution in [3.63, 3.8) is 0 Å². The monoisotopic (exact) mass is 455 g/mol. The number of aromatic nitrogens is 2. The number of thiol groups is 1. The molecular weight excluding hydrogens is 414 g/mol. The number of urea groups is 1. The van der Waals surface area contributed by atoms with Gasteiger partial charge in [-0.2, -0.15) is 5.10 Å². The third-order valence-electron chi connectivity index (χ3n) is 7.57. The van der Waals surface area contributed by atoms with E-state index in [2.05, 4.69) is 45.9 Å². The Kier molecular flexibility index (Phi) is 5.71. The lowest BCUT2D eigenvalue weighted by Gasteiger charge is -2.66. The molecular formula is C22H41N5O3S. The van der Waals surface area contributed by atoms with Crippen LogP contribution < -0.4 is 10.6 Å². The highest BCUT2D eigenvalue weighted by molar-refractivity contribution is 8.49. The first-order valence-corrected chi connectivity index (χ1v) is 15.2. The lowest BCUT2D eigenvalue weighted by atomic mass is 9.83. The number of aliphatic hydroxyl groups excluding tert-OH is 1. The molecule has 3 rings (SSSR count). The Morgan fingerprint density at radius 3 is 2.29 bits per heavy atom. The highest BCUT2D eigenvalue weighted by Gasteiger charge is 2.56. The van der Waals surface area contributed by atoms with Crippen molar-refractivity contribution in [3.8, 4) is 0 Å². The highest BCUT2D eigenvalue weighted by Crippen LogP contribution is 2.73. The molecule has 0 radical (unpaired) electrons. The molecule has 1 fully saturated rings. The maximum Gasteiger partial charge on any atom is 0.318 e. The van der Waals surface area contributed by atoms with E-state index in [9.17, 15) is 14.7 Å². The van der Waals surface area contributed by atoms with E-state index in [1.165, 1.54) is 0 Å². The van der Waals surface area contributed by atoms with Crippen molar-refractivity contribution in [1.29, 1.82) is 0 Å². The zero-order valence-electron chi connectivity index (χ0n) is 20.3. The molecule has 1 saturated carbocycles. The second kappa shape index (κ2) is 7.40. The van der Waals surface area contributed by atoms with E-state index in [1.54, 1.807) is 4.90 Å². The summed E-state index contributed by atoms with van der Waals surface area (Å²) in [6, 6.07) is -0.542. The number of nitrogens with zero attached hydrogens (tertiary/aromatic N) is 2. The van der Waals surface area contributed by atoms with Gasteiger partial charge in [0.1, 0.15) is 0 Å². The van der Waals surface area contributed by atoms with E-state index in [0.717, 1.165) is 30.5 Å². The number of amides is 3. The summed E-state index contributed by atoms with van der Waals surface area (Å²) in [5, 5.41) is 23.1. The van der Waals surface area contributed by atoms with Gasteiger partial charge in [-0.15, -0.1) is 0 Å². The molecule has 8 nitrogen and oxygen atoms in total. The highest BCUT2D eigenvalue weighted by atomic mass is 32.3. The molecule has 9 heteroatoms. The largest absolute Gasteiger partial charge is 0.394 e. The molecule has 3 amide bonds. The molecule has 0 aromatic carbocycles. The number of hydrogen-bond acceptors (Lipinski definition) is 4. The minimum absolute atomic E-state index is 0.0570. The predicted octanol–water partition coefficient (Wildman–Crippen LogP) is 2.64. The quantitative estimate of drug-likeness (QED) is 0.425. The van der Waals surface area contributed by atoms with Crippen LogP contribution in [0.3, 0.4) is 0 Å². The topological polar surface area (TPSA) is 110 Å². The molecule has 2 aliphatic rings. The molecule has 1 aliphatic carbocycles. The van der Waals surface area contributed by atoms with Gasteiger partial charge < -0.3 is 20.6 Å². The molecule has 1 aromatic heterocycles. The van der Waals surface area contributed by atoms with Gasteiger partial charge >= 0.3 is 6.03 Å². The minimum Gasteiger partial charge on any atom is -0.394 e. The van der Waals surface area contributed by atoms with E-state index in [0.29, 0.717) is 12.4 Å². The average molecular weight is 456 g/mol. The molecule has 0 bridgehead atoms. The minimum atomic E-state index is -2.17. The van der Waals surface area contributed by atoms with Gasteiger partial charge in [0, 0.05) is 5.56 Å². The number of anilines is 1. The van der Waals surface area contributed by atoms with Gasteiger partial charge in [-0.3, -0.25) is 19.1 Å². The smallest absolute Gasteiger partial charge is 0.318 e. The lowest BCUT2D eigenvalue weighted by molar-refractivity contribution is -0.120. The molecule has 31 heavy (non-hydrogen) atoms. The number of nitrogens with one attached hydrogen (secondary N) is 3. The first-order chi connectivity index (χ1) is 14.1. The molecule has 1 aliphatic heterocycles. The van der Waals surface area contributed by atoms with E-state index in [1.807, 2.05) is 27.7 Å². The van der Waals surface area contributed by atoms with Crippen molar-refractivity contribution in [2.75, 3.05) is 36.9 Å². The fourth-order valence-corrected chi connectivity index (χ4v) is 7.84. The number of hydrogen-bond donors (Lipinski definition) is 5. The molecule has 1 unspecified atom stereocenters. The van der Waals surface area contributed by atoms with Gasteiger partial charge in [-0.05, 0) is 64.1 Å². The summed E-state index contributed by atoms with van der Waals surface area (Å²) in [5.74, 6) is 0.703. The Balaban J connectivity index is 1.82. The van der Waals surface area contributed by atoms with Crippen LogP contribution in [0.2, 0.25) is 0 Å². The number of H-pyrrole nitrogens is 1. The van der Waals surface area contributed by atoms with Gasteiger partial charge in [0.15, 0.2) is 5.82 Å². The Morgan fingerprint density at radius 1 is 1.23 bits per heavy atom. The summed E-state index contributed by atoms with van der Waals surface area (Å²) in [6.45, 7) is 8.09. The van der Waals surface area contributed by atoms with Gasteiger partial charge in [0.25, 0.3) is 0 Å². The Hall–Kier alpha value is -1.74. The number of rotatable bonds is 6. The summed E-state index contributed by atoms with van der Waals surface area (Å²) >= 11 is 0. The normalized spacial score (nSPS) is 21.6. The molecule has 0 saturated heterocycles. The van der Waals surface area contributed by atoms with Crippen LogP contribution in [0.4, 0.5) is 10.6 Å². The van der Waals surface area contributed by atoms with Gasteiger partial charge in [-0.25, -0.2) is 4.79 Å². The summed E-state index contributed by atoms with van der Waals surface area (Å²) in [5.41, 5.74) is 1.09. The fourth-order valence-electron chi connectivity index (χ4n) is 4.87. The molecule has 1 atom stereocenters. The molecule has 2 heterocycles. The zero-order chi connectivity index (χ0) is 23.4. The number of fused-ring (bicyclic) bond motifs is 1. The van der Waals surface area contributed by atoms with Crippen LogP contribution in [-0.4, -0.2) is 74.6 Å². The Bertz CT molecular complexity index is 870. The van der Waals surface area contributed by atoms with Crippen LogP contribution in [0, 0.1) is 5.92 Å². The number of aromatic amines is 1. The predicted molar refractivity (Wildman–Crippen MR) is 129 cm³/mol. The average Bonchev–Trinajstić information content (AvgIpc) is 3.07. The van der Waals surface area contributed by atoms with Crippen molar-refractivity contribution in [3.05, 3.63) is 11.3 Å². The van der Waals surface area contributed by atoms with Gasteiger partial charge in [0.05, 0.1) is 35.2 Å². The second-order valence-electron chi connectivity index (χ2n) is 12.0. The maximum absolute atomic E-state index is 13.4.